The predicted octanol–water partition coefficient (Wildman–Crippen LogP) is 2.08. The van der Waals surface area contributed by atoms with Crippen LogP contribution in [0.1, 0.15) is 38.1 Å². The summed E-state index contributed by atoms with van der Waals surface area (Å²) in [4.78, 5) is 11.8. The molecular weight excluding hydrogens is 282 g/mol. The quantitative estimate of drug-likeness (QED) is 0.839. The van der Waals surface area contributed by atoms with E-state index in [9.17, 15) is 4.79 Å². The van der Waals surface area contributed by atoms with Gasteiger partial charge in [-0.3, -0.25) is 9.48 Å². The molecule has 1 aromatic heterocycles. The molecule has 0 amide bonds. The van der Waals surface area contributed by atoms with E-state index in [0.717, 1.165) is 35.2 Å². The van der Waals surface area contributed by atoms with Crippen LogP contribution in [0.3, 0.4) is 0 Å². The van der Waals surface area contributed by atoms with Crippen LogP contribution in [0.2, 0.25) is 0 Å². The summed E-state index contributed by atoms with van der Waals surface area (Å²) in [5.41, 5.74) is 7.42. The SMILES string of the molecule is CCc1nn(CC)c(CC(=O)CCCN)c1Br. The molecule has 0 spiro atoms. The highest BCUT2D eigenvalue weighted by Crippen LogP contribution is 2.23. The highest BCUT2D eigenvalue weighted by atomic mass is 79.9. The van der Waals surface area contributed by atoms with Crippen LogP contribution in [0.25, 0.3) is 0 Å². The Hall–Kier alpha value is -0.680. The summed E-state index contributed by atoms with van der Waals surface area (Å²) >= 11 is 3.54. The maximum Gasteiger partial charge on any atom is 0.138 e. The number of rotatable bonds is 7. The van der Waals surface area contributed by atoms with Gasteiger partial charge in [-0.15, -0.1) is 0 Å². The van der Waals surface area contributed by atoms with Crippen molar-refractivity contribution in [3.05, 3.63) is 15.9 Å². The lowest BCUT2D eigenvalue weighted by atomic mass is 10.1. The third-order valence-corrected chi connectivity index (χ3v) is 3.63. The van der Waals surface area contributed by atoms with Crippen LogP contribution in [0.4, 0.5) is 0 Å². The lowest BCUT2D eigenvalue weighted by Crippen LogP contribution is -2.11. The molecule has 0 aliphatic rings. The highest BCUT2D eigenvalue weighted by Gasteiger charge is 2.16. The first-order valence-corrected chi connectivity index (χ1v) is 6.89. The third-order valence-electron chi connectivity index (χ3n) is 2.72. The Kier molecular flexibility index (Phi) is 5.85. The van der Waals surface area contributed by atoms with E-state index in [2.05, 4.69) is 28.0 Å². The fourth-order valence-corrected chi connectivity index (χ4v) is 2.47. The van der Waals surface area contributed by atoms with Crippen molar-refractivity contribution in [1.82, 2.24) is 9.78 Å². The Bertz CT molecular complexity index is 387. The molecule has 0 aromatic carbocycles. The number of carbonyl (C=O) groups is 1. The van der Waals surface area contributed by atoms with E-state index in [0.29, 0.717) is 19.4 Å². The monoisotopic (exact) mass is 301 g/mol. The molecule has 0 saturated carbocycles. The normalized spacial score (nSPS) is 10.8. The summed E-state index contributed by atoms with van der Waals surface area (Å²) in [7, 11) is 0. The molecule has 0 aliphatic heterocycles. The van der Waals surface area contributed by atoms with Crippen LogP contribution < -0.4 is 5.73 Å². The smallest absolute Gasteiger partial charge is 0.138 e. The second kappa shape index (κ2) is 6.91. The Morgan fingerprint density at radius 2 is 2.18 bits per heavy atom. The summed E-state index contributed by atoms with van der Waals surface area (Å²) in [6, 6.07) is 0. The Morgan fingerprint density at radius 1 is 1.47 bits per heavy atom. The number of aryl methyl sites for hydroxylation is 2. The van der Waals surface area contributed by atoms with Gasteiger partial charge in [0.15, 0.2) is 0 Å². The molecule has 0 atom stereocenters. The van der Waals surface area contributed by atoms with Crippen molar-refractivity contribution >= 4 is 21.7 Å². The van der Waals surface area contributed by atoms with Crippen molar-refractivity contribution < 1.29 is 4.79 Å². The van der Waals surface area contributed by atoms with Crippen LogP contribution in [0, 0.1) is 0 Å². The first kappa shape index (κ1) is 14.4. The van der Waals surface area contributed by atoms with Gasteiger partial charge in [-0.1, -0.05) is 6.92 Å². The molecule has 0 unspecified atom stereocenters. The maximum absolute atomic E-state index is 11.8. The Morgan fingerprint density at radius 3 is 2.71 bits per heavy atom. The number of halogens is 1. The van der Waals surface area contributed by atoms with Crippen molar-refractivity contribution in [1.29, 1.82) is 0 Å². The summed E-state index contributed by atoms with van der Waals surface area (Å²) in [6.45, 7) is 5.46. The summed E-state index contributed by atoms with van der Waals surface area (Å²) in [5.74, 6) is 0.230. The van der Waals surface area contributed by atoms with E-state index < -0.39 is 0 Å². The molecule has 5 heteroatoms. The number of nitrogens with zero attached hydrogens (tertiary/aromatic N) is 2. The largest absolute Gasteiger partial charge is 0.330 e. The highest BCUT2D eigenvalue weighted by molar-refractivity contribution is 9.10. The number of carbonyl (C=O) groups excluding carboxylic acids is 1. The van der Waals surface area contributed by atoms with Gasteiger partial charge in [-0.05, 0) is 42.2 Å². The summed E-state index contributed by atoms with van der Waals surface area (Å²) in [5, 5.41) is 4.47. The molecule has 4 nitrogen and oxygen atoms in total. The van der Waals surface area contributed by atoms with Crippen LogP contribution in [-0.4, -0.2) is 22.1 Å². The molecule has 1 heterocycles. The number of hydrogen-bond donors (Lipinski definition) is 1. The van der Waals surface area contributed by atoms with Gasteiger partial charge < -0.3 is 5.73 Å². The van der Waals surface area contributed by atoms with Crippen LogP contribution in [0.5, 0.6) is 0 Å². The average molecular weight is 302 g/mol. The molecule has 0 bridgehead atoms. The standard InChI is InChI=1S/C12H20BrN3O/c1-3-10-12(13)11(16(4-2)15-10)8-9(17)6-5-7-14/h3-8,14H2,1-2H3. The predicted molar refractivity (Wildman–Crippen MR) is 72.0 cm³/mol. The number of hydrogen-bond acceptors (Lipinski definition) is 3. The Balaban J connectivity index is 2.81. The molecule has 0 aliphatic carbocycles. The van der Waals surface area contributed by atoms with Gasteiger partial charge in [0.1, 0.15) is 5.78 Å². The minimum atomic E-state index is 0.230. The van der Waals surface area contributed by atoms with Gasteiger partial charge in [-0.2, -0.15) is 5.10 Å². The van der Waals surface area contributed by atoms with Gasteiger partial charge >= 0.3 is 0 Å². The zero-order valence-electron chi connectivity index (χ0n) is 10.5. The van der Waals surface area contributed by atoms with E-state index in [-0.39, 0.29) is 5.78 Å². The first-order chi connectivity index (χ1) is 8.13. The van der Waals surface area contributed by atoms with Crippen LogP contribution >= 0.6 is 15.9 Å². The minimum Gasteiger partial charge on any atom is -0.330 e. The fourth-order valence-electron chi connectivity index (χ4n) is 1.76. The van der Waals surface area contributed by atoms with Crippen molar-refractivity contribution in [2.45, 2.75) is 46.1 Å². The van der Waals surface area contributed by atoms with E-state index in [1.165, 1.54) is 0 Å². The van der Waals surface area contributed by atoms with Gasteiger partial charge in [-0.25, -0.2) is 0 Å². The molecule has 0 radical (unpaired) electrons. The number of aromatic nitrogens is 2. The lowest BCUT2D eigenvalue weighted by molar-refractivity contribution is -0.118. The van der Waals surface area contributed by atoms with E-state index in [1.54, 1.807) is 0 Å². The van der Waals surface area contributed by atoms with Gasteiger partial charge in [0.05, 0.1) is 15.9 Å². The van der Waals surface area contributed by atoms with Crippen molar-refractivity contribution in [3.8, 4) is 0 Å². The van der Waals surface area contributed by atoms with Gasteiger partial charge in [0.2, 0.25) is 0 Å². The molecule has 17 heavy (non-hydrogen) atoms. The van der Waals surface area contributed by atoms with Crippen LogP contribution in [0.15, 0.2) is 4.47 Å². The second-order valence-corrected chi connectivity index (χ2v) is 4.78. The minimum absolute atomic E-state index is 0.230. The van der Waals surface area contributed by atoms with E-state index in [1.807, 2.05) is 11.6 Å². The zero-order chi connectivity index (χ0) is 12.8. The van der Waals surface area contributed by atoms with Gasteiger partial charge in [0.25, 0.3) is 0 Å². The topological polar surface area (TPSA) is 60.9 Å². The Labute approximate surface area is 111 Å². The van der Waals surface area contributed by atoms with Crippen molar-refractivity contribution in [3.63, 3.8) is 0 Å². The zero-order valence-corrected chi connectivity index (χ0v) is 12.1. The molecule has 0 saturated heterocycles. The van der Waals surface area contributed by atoms with Crippen LogP contribution in [-0.2, 0) is 24.2 Å². The average Bonchev–Trinajstić information content (AvgIpc) is 2.63. The molecule has 96 valence electrons. The van der Waals surface area contributed by atoms with Gasteiger partial charge in [0, 0.05) is 19.4 Å². The summed E-state index contributed by atoms with van der Waals surface area (Å²) in [6.07, 6.45) is 2.63. The molecule has 2 N–H and O–H groups in total. The second-order valence-electron chi connectivity index (χ2n) is 3.98. The molecule has 1 aromatic rings. The lowest BCUT2D eigenvalue weighted by Gasteiger charge is -2.04. The number of nitrogens with two attached hydrogens (primary N) is 1. The molecule has 0 fully saturated rings. The number of ketones is 1. The maximum atomic E-state index is 11.8. The van der Waals surface area contributed by atoms with E-state index in [4.69, 9.17) is 5.73 Å². The molecule has 1 rings (SSSR count). The van der Waals surface area contributed by atoms with E-state index >= 15 is 0 Å². The third kappa shape index (κ3) is 3.64. The summed E-state index contributed by atoms with van der Waals surface area (Å²) < 4.78 is 2.89. The van der Waals surface area contributed by atoms with Crippen molar-refractivity contribution in [2.75, 3.05) is 6.54 Å². The van der Waals surface area contributed by atoms with Crippen molar-refractivity contribution in [2.24, 2.45) is 5.73 Å². The first-order valence-electron chi connectivity index (χ1n) is 6.09. The fraction of sp³-hybridized carbons (Fsp3) is 0.667. The molecular formula is C12H20BrN3O. The number of Topliss-reactive ketones (excluding diaryl/α,β-unsaturated/α-hetero) is 1.